The summed E-state index contributed by atoms with van der Waals surface area (Å²) in [7, 11) is 0. The number of nitrogens with one attached hydrogen (secondary N) is 1. The molecular formula is C11H13N3O4. The molecule has 1 aromatic heterocycles. The average Bonchev–Trinajstić information content (AvgIpc) is 2.34. The van der Waals surface area contributed by atoms with Gasteiger partial charge in [-0.05, 0) is 12.5 Å². The third kappa shape index (κ3) is 3.85. The monoisotopic (exact) mass is 251 g/mol. The molecule has 0 bridgehead atoms. The first-order valence-electron chi connectivity index (χ1n) is 5.26. The summed E-state index contributed by atoms with van der Waals surface area (Å²) >= 11 is 0. The highest BCUT2D eigenvalue weighted by atomic mass is 16.4. The second kappa shape index (κ2) is 6.33. The molecular weight excluding hydrogens is 238 g/mol. The third-order valence-corrected chi connectivity index (χ3v) is 2.18. The quantitative estimate of drug-likeness (QED) is 0.603. The first-order chi connectivity index (χ1) is 8.52. The molecule has 0 radical (unpaired) electrons. The van der Waals surface area contributed by atoms with Crippen LogP contribution in [0.3, 0.4) is 0 Å². The molecule has 0 aromatic carbocycles. The maximum Gasteiger partial charge on any atom is 0.338 e. The Bertz CT molecular complexity index is 473. The lowest BCUT2D eigenvalue weighted by atomic mass is 10.1. The smallest absolute Gasteiger partial charge is 0.338 e. The lowest BCUT2D eigenvalue weighted by Crippen LogP contribution is -2.27. The van der Waals surface area contributed by atoms with Crippen LogP contribution in [0.1, 0.15) is 33.6 Å². The first kappa shape index (κ1) is 13.6. The maximum atomic E-state index is 11.7. The highest BCUT2D eigenvalue weighted by Gasteiger charge is 2.15. The molecule has 1 rings (SSSR count). The number of hydrogen-bond donors (Lipinski definition) is 3. The van der Waals surface area contributed by atoms with E-state index in [1.54, 1.807) is 0 Å². The molecule has 96 valence electrons. The van der Waals surface area contributed by atoms with E-state index in [1.165, 1.54) is 12.3 Å². The van der Waals surface area contributed by atoms with Crippen LogP contribution in [0, 0.1) is 0 Å². The first-order valence-corrected chi connectivity index (χ1v) is 5.26. The van der Waals surface area contributed by atoms with Crippen molar-refractivity contribution in [3.63, 3.8) is 0 Å². The fraction of sp³-hybridized carbons (Fsp3) is 0.273. The van der Waals surface area contributed by atoms with E-state index in [2.05, 4.69) is 10.3 Å². The van der Waals surface area contributed by atoms with Crippen LogP contribution < -0.4 is 11.1 Å². The second-order valence-electron chi connectivity index (χ2n) is 3.55. The Labute approximate surface area is 103 Å². The number of aromatic nitrogens is 1. The predicted octanol–water partition coefficient (Wildman–Crippen LogP) is -0.225. The summed E-state index contributed by atoms with van der Waals surface area (Å²) in [6.45, 7) is 0.253. The van der Waals surface area contributed by atoms with Crippen LogP contribution >= 0.6 is 0 Å². The molecule has 7 heteroatoms. The van der Waals surface area contributed by atoms with Crippen molar-refractivity contribution >= 4 is 17.8 Å². The number of amides is 2. The Morgan fingerprint density at radius 3 is 2.67 bits per heavy atom. The molecule has 1 heterocycles. The van der Waals surface area contributed by atoms with Crippen molar-refractivity contribution in [2.24, 2.45) is 5.73 Å². The average molecular weight is 251 g/mol. The Kier molecular flexibility index (Phi) is 4.79. The van der Waals surface area contributed by atoms with E-state index in [0.29, 0.717) is 6.42 Å². The number of aromatic carboxylic acids is 1. The van der Waals surface area contributed by atoms with Gasteiger partial charge in [0.2, 0.25) is 5.91 Å². The van der Waals surface area contributed by atoms with Gasteiger partial charge in [-0.15, -0.1) is 0 Å². The van der Waals surface area contributed by atoms with Crippen molar-refractivity contribution < 1.29 is 19.5 Å². The SMILES string of the molecule is NC(=O)CCCNC(=O)c1ccncc1C(=O)O. The van der Waals surface area contributed by atoms with Gasteiger partial charge in [-0.25, -0.2) is 4.79 Å². The van der Waals surface area contributed by atoms with Crippen LogP contribution in [-0.2, 0) is 4.79 Å². The molecule has 4 N–H and O–H groups in total. The van der Waals surface area contributed by atoms with E-state index in [-0.39, 0.29) is 24.1 Å². The zero-order valence-corrected chi connectivity index (χ0v) is 9.55. The number of hydrogen-bond acceptors (Lipinski definition) is 4. The number of carbonyl (C=O) groups excluding carboxylic acids is 2. The second-order valence-corrected chi connectivity index (χ2v) is 3.55. The molecule has 0 aliphatic carbocycles. The Balaban J connectivity index is 2.61. The zero-order valence-electron chi connectivity index (χ0n) is 9.55. The third-order valence-electron chi connectivity index (χ3n) is 2.18. The fourth-order valence-electron chi connectivity index (χ4n) is 1.32. The summed E-state index contributed by atoms with van der Waals surface area (Å²) < 4.78 is 0. The van der Waals surface area contributed by atoms with Crippen molar-refractivity contribution in [2.75, 3.05) is 6.54 Å². The standard InChI is InChI=1S/C11H13N3O4/c12-9(15)2-1-4-14-10(16)7-3-5-13-6-8(7)11(17)18/h3,5-6H,1-2,4H2,(H2,12,15)(H,14,16)(H,17,18). The van der Waals surface area contributed by atoms with E-state index in [4.69, 9.17) is 10.8 Å². The molecule has 18 heavy (non-hydrogen) atoms. The van der Waals surface area contributed by atoms with Crippen LogP contribution in [-0.4, -0.2) is 34.4 Å². The van der Waals surface area contributed by atoms with Crippen LogP contribution in [0.2, 0.25) is 0 Å². The number of nitrogens with two attached hydrogens (primary N) is 1. The fourth-order valence-corrected chi connectivity index (χ4v) is 1.32. The highest BCUT2D eigenvalue weighted by molar-refractivity contribution is 6.04. The van der Waals surface area contributed by atoms with E-state index in [0.717, 1.165) is 6.20 Å². The molecule has 0 atom stereocenters. The molecule has 0 saturated heterocycles. The van der Waals surface area contributed by atoms with Gasteiger partial charge in [0.15, 0.2) is 0 Å². The molecule has 0 aliphatic heterocycles. The van der Waals surface area contributed by atoms with Crippen LogP contribution in [0.5, 0.6) is 0 Å². The Morgan fingerprint density at radius 1 is 1.33 bits per heavy atom. The van der Waals surface area contributed by atoms with Crippen molar-refractivity contribution in [2.45, 2.75) is 12.8 Å². The van der Waals surface area contributed by atoms with Crippen molar-refractivity contribution in [3.05, 3.63) is 29.6 Å². The maximum absolute atomic E-state index is 11.7. The van der Waals surface area contributed by atoms with Gasteiger partial charge >= 0.3 is 5.97 Å². The van der Waals surface area contributed by atoms with Crippen molar-refractivity contribution in [3.8, 4) is 0 Å². The van der Waals surface area contributed by atoms with E-state index in [1.807, 2.05) is 0 Å². The van der Waals surface area contributed by atoms with Gasteiger partial charge in [0, 0.05) is 25.4 Å². The molecule has 0 aliphatic rings. The van der Waals surface area contributed by atoms with E-state index in [9.17, 15) is 14.4 Å². The largest absolute Gasteiger partial charge is 0.478 e. The summed E-state index contributed by atoms with van der Waals surface area (Å²) in [6, 6.07) is 1.33. The number of nitrogens with zero attached hydrogens (tertiary/aromatic N) is 1. The van der Waals surface area contributed by atoms with Gasteiger partial charge in [-0.2, -0.15) is 0 Å². The number of primary amides is 1. The summed E-state index contributed by atoms with van der Waals surface area (Å²) in [5, 5.41) is 11.4. The minimum Gasteiger partial charge on any atom is -0.478 e. The number of carboxylic acid groups (broad SMARTS) is 1. The number of carbonyl (C=O) groups is 3. The molecule has 0 unspecified atom stereocenters. The summed E-state index contributed by atoms with van der Waals surface area (Å²) in [5.74, 6) is -2.18. The molecule has 2 amide bonds. The molecule has 7 nitrogen and oxygen atoms in total. The van der Waals surface area contributed by atoms with Crippen molar-refractivity contribution in [1.82, 2.24) is 10.3 Å². The molecule has 0 saturated carbocycles. The minimum absolute atomic E-state index is 0.0385. The van der Waals surface area contributed by atoms with Crippen molar-refractivity contribution in [1.29, 1.82) is 0 Å². The number of carboxylic acids is 1. The van der Waals surface area contributed by atoms with Gasteiger partial charge in [0.1, 0.15) is 0 Å². The van der Waals surface area contributed by atoms with Crippen LogP contribution in [0.4, 0.5) is 0 Å². The minimum atomic E-state index is -1.22. The van der Waals surface area contributed by atoms with E-state index >= 15 is 0 Å². The zero-order chi connectivity index (χ0) is 13.5. The predicted molar refractivity (Wildman–Crippen MR) is 62.0 cm³/mol. The highest BCUT2D eigenvalue weighted by Crippen LogP contribution is 2.06. The Morgan fingerprint density at radius 2 is 2.06 bits per heavy atom. The van der Waals surface area contributed by atoms with Gasteiger partial charge in [-0.1, -0.05) is 0 Å². The number of pyridine rings is 1. The number of rotatable bonds is 6. The summed E-state index contributed by atoms with van der Waals surface area (Å²) in [4.78, 5) is 36.7. The summed E-state index contributed by atoms with van der Waals surface area (Å²) in [6.07, 6.45) is 3.03. The normalized spacial score (nSPS) is 9.78. The lowest BCUT2D eigenvalue weighted by Gasteiger charge is -2.06. The lowest BCUT2D eigenvalue weighted by molar-refractivity contribution is -0.118. The van der Waals surface area contributed by atoms with Crippen LogP contribution in [0.25, 0.3) is 0 Å². The van der Waals surface area contributed by atoms with Gasteiger partial charge in [0.05, 0.1) is 11.1 Å². The Hall–Kier alpha value is -2.44. The summed E-state index contributed by atoms with van der Waals surface area (Å²) in [5.41, 5.74) is 4.82. The molecule has 0 fully saturated rings. The van der Waals surface area contributed by atoms with Gasteiger partial charge in [-0.3, -0.25) is 14.6 Å². The van der Waals surface area contributed by atoms with Gasteiger partial charge in [0.25, 0.3) is 5.91 Å². The van der Waals surface area contributed by atoms with Gasteiger partial charge < -0.3 is 16.2 Å². The van der Waals surface area contributed by atoms with Crippen LogP contribution in [0.15, 0.2) is 18.5 Å². The molecule has 1 aromatic rings. The topological polar surface area (TPSA) is 122 Å². The van der Waals surface area contributed by atoms with E-state index < -0.39 is 17.8 Å². The molecule has 0 spiro atoms.